The summed E-state index contributed by atoms with van der Waals surface area (Å²) in [6, 6.07) is 9.32. The van der Waals surface area contributed by atoms with E-state index in [0.717, 1.165) is 25.2 Å². The Morgan fingerprint density at radius 2 is 2.24 bits per heavy atom. The van der Waals surface area contributed by atoms with E-state index >= 15 is 0 Å². The fourth-order valence-electron chi connectivity index (χ4n) is 1.96. The molecular formula is C13H15N3O. The monoisotopic (exact) mass is 229 g/mol. The summed E-state index contributed by atoms with van der Waals surface area (Å²) in [4.78, 5) is 13.7. The zero-order chi connectivity index (χ0) is 12.1. The second kappa shape index (κ2) is 5.46. The van der Waals surface area contributed by atoms with Crippen molar-refractivity contribution in [2.45, 2.75) is 12.8 Å². The summed E-state index contributed by atoms with van der Waals surface area (Å²) in [5, 5.41) is 12.1. The minimum atomic E-state index is 0.118. The maximum Gasteiger partial charge on any atom is 0.228 e. The molecule has 1 aromatic rings. The number of anilines is 1. The van der Waals surface area contributed by atoms with Crippen LogP contribution in [0.15, 0.2) is 24.3 Å². The van der Waals surface area contributed by atoms with Gasteiger partial charge >= 0.3 is 0 Å². The van der Waals surface area contributed by atoms with Gasteiger partial charge in [0.1, 0.15) is 0 Å². The molecule has 1 heterocycles. The molecule has 0 spiro atoms. The van der Waals surface area contributed by atoms with Crippen LogP contribution in [0.2, 0.25) is 0 Å². The molecule has 1 aliphatic heterocycles. The molecule has 1 saturated heterocycles. The Balaban J connectivity index is 2.23. The van der Waals surface area contributed by atoms with Crippen LogP contribution < -0.4 is 10.2 Å². The third kappa shape index (κ3) is 2.83. The lowest BCUT2D eigenvalue weighted by Crippen LogP contribution is -2.38. The molecule has 0 radical (unpaired) electrons. The molecule has 4 nitrogen and oxygen atoms in total. The van der Waals surface area contributed by atoms with Gasteiger partial charge in [-0.15, -0.1) is 0 Å². The lowest BCUT2D eigenvalue weighted by molar-refractivity contribution is -0.118. The first-order valence-corrected chi connectivity index (χ1v) is 5.82. The van der Waals surface area contributed by atoms with Gasteiger partial charge in [0.05, 0.1) is 11.6 Å². The molecule has 0 unspecified atom stereocenters. The van der Waals surface area contributed by atoms with Crippen molar-refractivity contribution in [3.05, 3.63) is 29.8 Å². The van der Waals surface area contributed by atoms with E-state index in [1.54, 1.807) is 17.0 Å². The topological polar surface area (TPSA) is 56.1 Å². The first kappa shape index (κ1) is 11.6. The predicted octanol–water partition coefficient (Wildman–Crippen LogP) is 1.27. The quantitative estimate of drug-likeness (QED) is 0.789. The number of benzene rings is 1. The van der Waals surface area contributed by atoms with Gasteiger partial charge in [0.15, 0.2) is 0 Å². The molecule has 1 amide bonds. The van der Waals surface area contributed by atoms with Crippen LogP contribution in [-0.2, 0) is 4.79 Å². The van der Waals surface area contributed by atoms with E-state index in [4.69, 9.17) is 5.26 Å². The van der Waals surface area contributed by atoms with Gasteiger partial charge in [0.25, 0.3) is 0 Å². The van der Waals surface area contributed by atoms with E-state index in [0.29, 0.717) is 18.5 Å². The number of nitrogens with zero attached hydrogens (tertiary/aromatic N) is 2. The summed E-state index contributed by atoms with van der Waals surface area (Å²) in [5.41, 5.74) is 1.42. The Labute approximate surface area is 101 Å². The first-order chi connectivity index (χ1) is 8.31. The van der Waals surface area contributed by atoms with Gasteiger partial charge in [-0.05, 0) is 31.2 Å². The zero-order valence-corrected chi connectivity index (χ0v) is 9.65. The summed E-state index contributed by atoms with van der Waals surface area (Å²) >= 11 is 0. The first-order valence-electron chi connectivity index (χ1n) is 5.82. The van der Waals surface area contributed by atoms with Crippen LogP contribution in [0.25, 0.3) is 0 Å². The van der Waals surface area contributed by atoms with Crippen LogP contribution >= 0.6 is 0 Å². The highest BCUT2D eigenvalue weighted by molar-refractivity contribution is 5.93. The molecule has 0 aliphatic carbocycles. The minimum Gasteiger partial charge on any atom is -0.316 e. The van der Waals surface area contributed by atoms with E-state index < -0.39 is 0 Å². The molecule has 0 saturated carbocycles. The summed E-state index contributed by atoms with van der Waals surface area (Å²) in [7, 11) is 0. The number of hydrogen-bond donors (Lipinski definition) is 1. The van der Waals surface area contributed by atoms with E-state index in [2.05, 4.69) is 11.4 Å². The zero-order valence-electron chi connectivity index (χ0n) is 9.65. The molecular weight excluding hydrogens is 214 g/mol. The van der Waals surface area contributed by atoms with Crippen molar-refractivity contribution in [2.24, 2.45) is 0 Å². The van der Waals surface area contributed by atoms with Crippen molar-refractivity contribution in [3.8, 4) is 6.07 Å². The van der Waals surface area contributed by atoms with Crippen LogP contribution in [0.5, 0.6) is 0 Å². The summed E-state index contributed by atoms with van der Waals surface area (Å²) in [5.74, 6) is 0.118. The lowest BCUT2D eigenvalue weighted by Gasteiger charge is -2.25. The third-order valence-corrected chi connectivity index (χ3v) is 2.84. The standard InChI is InChI=1S/C13H15N3O/c14-10-11-3-1-4-12(9-11)16-8-2-6-15-7-5-13(16)17/h1,3-4,9,15H,2,5-8H2. The molecule has 0 atom stereocenters. The molecule has 4 heteroatoms. The van der Waals surface area contributed by atoms with Crippen LogP contribution in [0.4, 0.5) is 5.69 Å². The Bertz CT molecular complexity index is 450. The van der Waals surface area contributed by atoms with Crippen LogP contribution in [0.1, 0.15) is 18.4 Å². The van der Waals surface area contributed by atoms with Crippen molar-refractivity contribution in [3.63, 3.8) is 0 Å². The van der Waals surface area contributed by atoms with Crippen LogP contribution in [0.3, 0.4) is 0 Å². The largest absolute Gasteiger partial charge is 0.316 e. The maximum atomic E-state index is 12.0. The van der Waals surface area contributed by atoms with Gasteiger partial charge in [-0.2, -0.15) is 5.26 Å². The van der Waals surface area contributed by atoms with Crippen LogP contribution in [0, 0.1) is 11.3 Å². The molecule has 1 aromatic carbocycles. The lowest BCUT2D eigenvalue weighted by atomic mass is 10.1. The van der Waals surface area contributed by atoms with Gasteiger partial charge in [0, 0.05) is 25.2 Å². The second-order valence-electron chi connectivity index (χ2n) is 4.06. The molecule has 0 aromatic heterocycles. The van der Waals surface area contributed by atoms with Gasteiger partial charge in [-0.25, -0.2) is 0 Å². The van der Waals surface area contributed by atoms with Crippen molar-refractivity contribution in [1.29, 1.82) is 5.26 Å². The maximum absolute atomic E-state index is 12.0. The van der Waals surface area contributed by atoms with Gasteiger partial charge < -0.3 is 10.2 Å². The highest BCUT2D eigenvalue weighted by Gasteiger charge is 2.17. The number of rotatable bonds is 1. The highest BCUT2D eigenvalue weighted by atomic mass is 16.2. The summed E-state index contributed by atoms with van der Waals surface area (Å²) in [6.07, 6.45) is 1.44. The minimum absolute atomic E-state index is 0.118. The van der Waals surface area contributed by atoms with Gasteiger partial charge in [0.2, 0.25) is 5.91 Å². The van der Waals surface area contributed by atoms with Gasteiger partial charge in [-0.3, -0.25) is 4.79 Å². The Morgan fingerprint density at radius 3 is 3.06 bits per heavy atom. The predicted molar refractivity (Wildman–Crippen MR) is 65.6 cm³/mol. The van der Waals surface area contributed by atoms with Crippen molar-refractivity contribution < 1.29 is 4.79 Å². The van der Waals surface area contributed by atoms with E-state index in [1.807, 2.05) is 12.1 Å². The highest BCUT2D eigenvalue weighted by Crippen LogP contribution is 2.17. The average Bonchev–Trinajstić information content (AvgIpc) is 2.34. The number of nitriles is 1. The normalized spacial score (nSPS) is 17.1. The van der Waals surface area contributed by atoms with Crippen molar-refractivity contribution >= 4 is 11.6 Å². The van der Waals surface area contributed by atoms with E-state index in [9.17, 15) is 4.79 Å². The molecule has 1 aliphatic rings. The molecule has 0 bridgehead atoms. The second-order valence-corrected chi connectivity index (χ2v) is 4.06. The fraction of sp³-hybridized carbons (Fsp3) is 0.385. The Morgan fingerprint density at radius 1 is 1.35 bits per heavy atom. The summed E-state index contributed by atoms with van der Waals surface area (Å²) in [6.45, 7) is 2.37. The van der Waals surface area contributed by atoms with E-state index in [-0.39, 0.29) is 5.91 Å². The molecule has 17 heavy (non-hydrogen) atoms. The van der Waals surface area contributed by atoms with Gasteiger partial charge in [-0.1, -0.05) is 6.07 Å². The molecule has 1 fully saturated rings. The summed E-state index contributed by atoms with van der Waals surface area (Å²) < 4.78 is 0. The fourth-order valence-corrected chi connectivity index (χ4v) is 1.96. The molecule has 88 valence electrons. The molecule has 1 N–H and O–H groups in total. The van der Waals surface area contributed by atoms with Crippen LogP contribution in [-0.4, -0.2) is 25.5 Å². The Hall–Kier alpha value is -1.86. The SMILES string of the molecule is N#Cc1cccc(N2CCCNCCC2=O)c1. The number of carbonyl (C=O) groups excluding carboxylic acids is 1. The molecule has 2 rings (SSSR count). The number of amides is 1. The smallest absolute Gasteiger partial charge is 0.228 e. The number of hydrogen-bond acceptors (Lipinski definition) is 3. The van der Waals surface area contributed by atoms with Crippen molar-refractivity contribution in [1.82, 2.24) is 5.32 Å². The average molecular weight is 229 g/mol. The van der Waals surface area contributed by atoms with Crippen molar-refractivity contribution in [2.75, 3.05) is 24.5 Å². The van der Waals surface area contributed by atoms with E-state index in [1.165, 1.54) is 0 Å². The third-order valence-electron chi connectivity index (χ3n) is 2.84. The number of nitrogens with one attached hydrogen (secondary N) is 1. The Kier molecular flexibility index (Phi) is 3.73. The number of carbonyl (C=O) groups is 1.